The minimum Gasteiger partial charge on any atom is -0.348 e. The molecule has 1 aliphatic heterocycles. The first-order valence-electron chi connectivity index (χ1n) is 6.37. The molecule has 0 aliphatic carbocycles. The van der Waals surface area contributed by atoms with Gasteiger partial charge in [-0.05, 0) is 50.7 Å². The van der Waals surface area contributed by atoms with Gasteiger partial charge >= 0.3 is 0 Å². The van der Waals surface area contributed by atoms with Crippen LogP contribution in [0.1, 0.15) is 18.4 Å². The SMILES string of the molecule is CN1CCC(C(=O)N(C)C)(c2ccncc2)CC1. The van der Waals surface area contributed by atoms with Gasteiger partial charge < -0.3 is 9.80 Å². The lowest BCUT2D eigenvalue weighted by Gasteiger charge is -2.41. The van der Waals surface area contributed by atoms with Crippen molar-refractivity contribution >= 4 is 5.91 Å². The van der Waals surface area contributed by atoms with E-state index in [0.717, 1.165) is 31.5 Å². The molecular formula is C14H21N3O. The van der Waals surface area contributed by atoms with E-state index in [9.17, 15) is 4.79 Å². The third-order valence-electron chi connectivity index (χ3n) is 3.89. The van der Waals surface area contributed by atoms with Gasteiger partial charge in [-0.3, -0.25) is 9.78 Å². The highest BCUT2D eigenvalue weighted by Crippen LogP contribution is 2.36. The van der Waals surface area contributed by atoms with Gasteiger partial charge in [0.15, 0.2) is 0 Å². The summed E-state index contributed by atoms with van der Waals surface area (Å²) in [4.78, 5) is 20.7. The van der Waals surface area contributed by atoms with Gasteiger partial charge in [0.2, 0.25) is 5.91 Å². The molecule has 1 amide bonds. The molecule has 98 valence electrons. The van der Waals surface area contributed by atoms with E-state index in [-0.39, 0.29) is 11.3 Å². The molecule has 1 aliphatic rings. The molecule has 0 radical (unpaired) electrons. The number of carbonyl (C=O) groups excluding carboxylic acids is 1. The molecule has 0 bridgehead atoms. The molecule has 4 heteroatoms. The van der Waals surface area contributed by atoms with Crippen LogP contribution in [0.4, 0.5) is 0 Å². The minimum atomic E-state index is -0.362. The molecule has 1 saturated heterocycles. The van der Waals surface area contributed by atoms with E-state index >= 15 is 0 Å². The van der Waals surface area contributed by atoms with Crippen molar-refractivity contribution in [2.24, 2.45) is 0 Å². The molecule has 18 heavy (non-hydrogen) atoms. The first-order valence-corrected chi connectivity index (χ1v) is 6.37. The fourth-order valence-corrected chi connectivity index (χ4v) is 2.73. The van der Waals surface area contributed by atoms with Crippen LogP contribution in [0, 0.1) is 0 Å². The Morgan fingerprint density at radius 3 is 2.33 bits per heavy atom. The quantitative estimate of drug-likeness (QED) is 0.786. The Kier molecular flexibility index (Phi) is 3.66. The van der Waals surface area contributed by atoms with Crippen LogP contribution in [-0.2, 0) is 10.2 Å². The lowest BCUT2D eigenvalue weighted by atomic mass is 9.72. The molecule has 4 nitrogen and oxygen atoms in total. The number of carbonyl (C=O) groups is 1. The highest BCUT2D eigenvalue weighted by molar-refractivity contribution is 5.88. The highest BCUT2D eigenvalue weighted by atomic mass is 16.2. The average Bonchev–Trinajstić information content (AvgIpc) is 2.40. The summed E-state index contributed by atoms with van der Waals surface area (Å²) in [7, 11) is 5.78. The van der Waals surface area contributed by atoms with E-state index in [1.54, 1.807) is 17.3 Å². The highest BCUT2D eigenvalue weighted by Gasteiger charge is 2.43. The zero-order chi connectivity index (χ0) is 13.2. The molecule has 2 heterocycles. The zero-order valence-electron chi connectivity index (χ0n) is 11.4. The van der Waals surface area contributed by atoms with E-state index in [0.29, 0.717) is 0 Å². The Morgan fingerprint density at radius 2 is 1.83 bits per heavy atom. The molecule has 0 aromatic carbocycles. The lowest BCUT2D eigenvalue weighted by Crippen LogP contribution is -2.50. The number of likely N-dealkylation sites (tertiary alicyclic amines) is 1. The summed E-state index contributed by atoms with van der Waals surface area (Å²) in [5.74, 6) is 0.210. The Hall–Kier alpha value is -1.42. The van der Waals surface area contributed by atoms with E-state index in [1.165, 1.54) is 0 Å². The first kappa shape index (κ1) is 13.0. The van der Waals surface area contributed by atoms with Crippen molar-refractivity contribution in [2.45, 2.75) is 18.3 Å². The molecule has 2 rings (SSSR count). The van der Waals surface area contributed by atoms with Crippen LogP contribution in [0.3, 0.4) is 0 Å². The summed E-state index contributed by atoms with van der Waals surface area (Å²) in [6.07, 6.45) is 5.31. The largest absolute Gasteiger partial charge is 0.348 e. The number of hydrogen-bond acceptors (Lipinski definition) is 3. The number of rotatable bonds is 2. The predicted molar refractivity (Wildman–Crippen MR) is 71.3 cm³/mol. The normalized spacial score (nSPS) is 19.5. The molecule has 1 fully saturated rings. The predicted octanol–water partition coefficient (Wildman–Crippen LogP) is 1.13. The number of piperidine rings is 1. The standard InChI is InChI=1S/C14H21N3O/c1-16(2)13(18)14(6-10-17(3)11-7-14)12-4-8-15-9-5-12/h4-5,8-9H,6-7,10-11H2,1-3H3. The molecule has 0 atom stereocenters. The van der Waals surface area contributed by atoms with E-state index in [4.69, 9.17) is 0 Å². The average molecular weight is 247 g/mol. The third-order valence-corrected chi connectivity index (χ3v) is 3.89. The van der Waals surface area contributed by atoms with E-state index < -0.39 is 0 Å². The molecule has 1 aromatic rings. The summed E-state index contributed by atoms with van der Waals surface area (Å²) < 4.78 is 0. The van der Waals surface area contributed by atoms with Crippen LogP contribution in [0.25, 0.3) is 0 Å². The van der Waals surface area contributed by atoms with Crippen molar-refractivity contribution in [3.63, 3.8) is 0 Å². The Labute approximate surface area is 109 Å². The van der Waals surface area contributed by atoms with Gasteiger partial charge in [0.1, 0.15) is 0 Å². The van der Waals surface area contributed by atoms with Gasteiger partial charge in [-0.15, -0.1) is 0 Å². The van der Waals surface area contributed by atoms with Crippen molar-refractivity contribution in [3.05, 3.63) is 30.1 Å². The van der Waals surface area contributed by atoms with E-state index in [1.807, 2.05) is 26.2 Å². The maximum absolute atomic E-state index is 12.6. The van der Waals surface area contributed by atoms with E-state index in [2.05, 4.69) is 16.9 Å². The summed E-state index contributed by atoms with van der Waals surface area (Å²) in [6.45, 7) is 1.92. The van der Waals surface area contributed by atoms with Crippen molar-refractivity contribution in [1.29, 1.82) is 0 Å². The summed E-state index contributed by atoms with van der Waals surface area (Å²) in [5, 5.41) is 0. The lowest BCUT2D eigenvalue weighted by molar-refractivity contribution is -0.136. The smallest absolute Gasteiger partial charge is 0.232 e. The Bertz CT molecular complexity index is 408. The number of nitrogens with zero attached hydrogens (tertiary/aromatic N) is 3. The second-order valence-corrected chi connectivity index (χ2v) is 5.32. The van der Waals surface area contributed by atoms with Crippen molar-refractivity contribution in [2.75, 3.05) is 34.2 Å². The van der Waals surface area contributed by atoms with Crippen LogP contribution in [0.2, 0.25) is 0 Å². The van der Waals surface area contributed by atoms with Crippen molar-refractivity contribution in [1.82, 2.24) is 14.8 Å². The second-order valence-electron chi connectivity index (χ2n) is 5.32. The van der Waals surface area contributed by atoms with Crippen molar-refractivity contribution < 1.29 is 4.79 Å². The number of pyridine rings is 1. The van der Waals surface area contributed by atoms with Crippen LogP contribution >= 0.6 is 0 Å². The molecule has 0 saturated carbocycles. The third kappa shape index (κ3) is 2.25. The number of aromatic nitrogens is 1. The first-order chi connectivity index (χ1) is 8.56. The van der Waals surface area contributed by atoms with Crippen molar-refractivity contribution in [3.8, 4) is 0 Å². The van der Waals surface area contributed by atoms with Crippen LogP contribution in [-0.4, -0.2) is 54.9 Å². The second kappa shape index (κ2) is 5.06. The summed E-state index contributed by atoms with van der Waals surface area (Å²) >= 11 is 0. The summed E-state index contributed by atoms with van der Waals surface area (Å²) in [6, 6.07) is 3.96. The topological polar surface area (TPSA) is 36.4 Å². The molecule has 1 aromatic heterocycles. The number of amides is 1. The van der Waals surface area contributed by atoms with Gasteiger partial charge in [0.05, 0.1) is 5.41 Å². The molecule has 0 unspecified atom stereocenters. The maximum atomic E-state index is 12.6. The molecular weight excluding hydrogens is 226 g/mol. The number of hydrogen-bond donors (Lipinski definition) is 0. The van der Waals surface area contributed by atoms with Gasteiger partial charge in [0, 0.05) is 26.5 Å². The van der Waals surface area contributed by atoms with Crippen LogP contribution < -0.4 is 0 Å². The van der Waals surface area contributed by atoms with Gasteiger partial charge in [0.25, 0.3) is 0 Å². The van der Waals surface area contributed by atoms with Crippen LogP contribution in [0.5, 0.6) is 0 Å². The maximum Gasteiger partial charge on any atom is 0.232 e. The van der Waals surface area contributed by atoms with Gasteiger partial charge in [-0.2, -0.15) is 0 Å². The fourth-order valence-electron chi connectivity index (χ4n) is 2.73. The summed E-state index contributed by atoms with van der Waals surface area (Å²) in [5.41, 5.74) is 0.739. The zero-order valence-corrected chi connectivity index (χ0v) is 11.4. The Balaban J connectivity index is 2.38. The number of likely N-dealkylation sites (N-methyl/N-ethyl adjacent to an activating group) is 1. The minimum absolute atomic E-state index is 0.210. The van der Waals surface area contributed by atoms with Crippen LogP contribution in [0.15, 0.2) is 24.5 Å². The Morgan fingerprint density at radius 1 is 1.28 bits per heavy atom. The molecule has 0 spiro atoms. The molecule has 0 N–H and O–H groups in total. The fraction of sp³-hybridized carbons (Fsp3) is 0.571. The van der Waals surface area contributed by atoms with Gasteiger partial charge in [-0.1, -0.05) is 0 Å². The van der Waals surface area contributed by atoms with Gasteiger partial charge in [-0.25, -0.2) is 0 Å². The monoisotopic (exact) mass is 247 g/mol.